The van der Waals surface area contributed by atoms with Gasteiger partial charge in [0.1, 0.15) is 0 Å². The summed E-state index contributed by atoms with van der Waals surface area (Å²) in [5.41, 5.74) is 3.00. The summed E-state index contributed by atoms with van der Waals surface area (Å²) in [5.74, 6) is 0. The zero-order chi connectivity index (χ0) is 15.8. The molecule has 0 unspecified atom stereocenters. The van der Waals surface area contributed by atoms with Gasteiger partial charge in [-0.05, 0) is 12.0 Å². The Morgan fingerprint density at radius 1 is 1.41 bits per heavy atom. The van der Waals surface area contributed by atoms with Crippen molar-refractivity contribution in [2.24, 2.45) is 0 Å². The number of thiazole rings is 1. The van der Waals surface area contributed by atoms with E-state index in [-0.39, 0.29) is 0 Å². The number of nitrogens with zero attached hydrogens (tertiary/aromatic N) is 1. The van der Waals surface area contributed by atoms with Crippen LogP contribution in [0.3, 0.4) is 0 Å². The van der Waals surface area contributed by atoms with Crippen LogP contribution in [-0.2, 0) is 11.2 Å². The second-order valence-electron chi connectivity index (χ2n) is 4.60. The Balaban J connectivity index is 2.42. The van der Waals surface area contributed by atoms with Crippen molar-refractivity contribution in [3.63, 3.8) is 0 Å². The van der Waals surface area contributed by atoms with Crippen LogP contribution < -0.4 is 5.32 Å². The van der Waals surface area contributed by atoms with Gasteiger partial charge in [-0.2, -0.15) is 0 Å². The number of allylic oxidation sites excluding steroid dienone is 10. The Bertz CT molecular complexity index is 690. The molecule has 0 atom stereocenters. The molecular formula is C18H18N2OS. The predicted molar refractivity (Wildman–Crippen MR) is 94.9 cm³/mol. The molecule has 1 aliphatic rings. The van der Waals surface area contributed by atoms with Crippen molar-refractivity contribution < 1.29 is 4.79 Å². The monoisotopic (exact) mass is 310 g/mol. The van der Waals surface area contributed by atoms with Crippen LogP contribution in [0.15, 0.2) is 67.3 Å². The maximum Gasteiger partial charge on any atom is 0.213 e. The molecule has 1 amide bonds. The Morgan fingerprint density at radius 3 is 3.00 bits per heavy atom. The van der Waals surface area contributed by atoms with Crippen molar-refractivity contribution in [2.75, 3.05) is 5.32 Å². The highest BCUT2D eigenvalue weighted by Gasteiger charge is 2.14. The molecule has 1 heterocycles. The van der Waals surface area contributed by atoms with Gasteiger partial charge in [-0.1, -0.05) is 61.8 Å². The zero-order valence-electron chi connectivity index (χ0n) is 12.3. The summed E-state index contributed by atoms with van der Waals surface area (Å²) in [7, 11) is 0. The fourth-order valence-corrected chi connectivity index (χ4v) is 3.06. The molecule has 1 N–H and O–H groups in total. The third kappa shape index (κ3) is 4.02. The number of rotatable bonds is 7. The summed E-state index contributed by atoms with van der Waals surface area (Å²) in [6.45, 7) is 7.56. The zero-order valence-corrected chi connectivity index (χ0v) is 13.1. The highest BCUT2D eigenvalue weighted by Crippen LogP contribution is 2.31. The highest BCUT2D eigenvalue weighted by atomic mass is 32.1. The maximum atomic E-state index is 10.7. The van der Waals surface area contributed by atoms with E-state index in [1.807, 2.05) is 24.3 Å². The van der Waals surface area contributed by atoms with E-state index >= 15 is 0 Å². The van der Waals surface area contributed by atoms with Crippen LogP contribution in [0, 0.1) is 0 Å². The smallest absolute Gasteiger partial charge is 0.213 e. The molecule has 0 radical (unpaired) electrons. The number of anilines is 1. The van der Waals surface area contributed by atoms with Crippen molar-refractivity contribution in [1.82, 2.24) is 4.98 Å². The SMILES string of the molecule is C=C/C=C(\C=C)Cc1sc(NC=O)nc1C1=CC=CCC=C1. The summed E-state index contributed by atoms with van der Waals surface area (Å²) >= 11 is 1.48. The Morgan fingerprint density at radius 2 is 2.27 bits per heavy atom. The molecule has 1 aliphatic carbocycles. The lowest BCUT2D eigenvalue weighted by Gasteiger charge is -2.03. The van der Waals surface area contributed by atoms with E-state index in [2.05, 4.69) is 41.7 Å². The number of carbonyl (C=O) groups is 1. The first-order valence-electron chi connectivity index (χ1n) is 6.96. The van der Waals surface area contributed by atoms with E-state index in [4.69, 9.17) is 0 Å². The summed E-state index contributed by atoms with van der Waals surface area (Å²) in [5, 5.41) is 3.24. The topological polar surface area (TPSA) is 42.0 Å². The average Bonchev–Trinajstić information content (AvgIpc) is 2.74. The first-order chi connectivity index (χ1) is 10.8. The van der Waals surface area contributed by atoms with Gasteiger partial charge in [-0.15, -0.1) is 11.3 Å². The largest absolute Gasteiger partial charge is 0.305 e. The first-order valence-corrected chi connectivity index (χ1v) is 7.77. The van der Waals surface area contributed by atoms with Crippen LogP contribution in [0.5, 0.6) is 0 Å². The third-order valence-electron chi connectivity index (χ3n) is 3.09. The Hall–Kier alpha value is -2.46. The number of hydrogen-bond donors (Lipinski definition) is 1. The van der Waals surface area contributed by atoms with E-state index in [1.165, 1.54) is 11.3 Å². The normalized spacial score (nSPS) is 14.2. The second-order valence-corrected chi connectivity index (χ2v) is 5.68. The molecule has 0 saturated carbocycles. The van der Waals surface area contributed by atoms with Gasteiger partial charge in [-0.3, -0.25) is 4.79 Å². The molecule has 0 bridgehead atoms. The Kier molecular flexibility index (Phi) is 5.86. The number of nitrogens with one attached hydrogen (secondary N) is 1. The van der Waals surface area contributed by atoms with E-state index < -0.39 is 0 Å². The molecule has 4 heteroatoms. The molecule has 112 valence electrons. The Labute approximate surface area is 134 Å². The van der Waals surface area contributed by atoms with Crippen LogP contribution in [0.4, 0.5) is 5.13 Å². The van der Waals surface area contributed by atoms with Crippen LogP contribution >= 0.6 is 11.3 Å². The molecule has 0 aromatic carbocycles. The molecule has 0 saturated heterocycles. The lowest BCUT2D eigenvalue weighted by atomic mass is 10.1. The lowest BCUT2D eigenvalue weighted by molar-refractivity contribution is -0.105. The van der Waals surface area contributed by atoms with E-state index in [9.17, 15) is 4.79 Å². The third-order valence-corrected chi connectivity index (χ3v) is 4.08. The second kappa shape index (κ2) is 8.10. The summed E-state index contributed by atoms with van der Waals surface area (Å²) in [4.78, 5) is 16.3. The van der Waals surface area contributed by atoms with Gasteiger partial charge >= 0.3 is 0 Å². The van der Waals surface area contributed by atoms with Crippen LogP contribution in [0.2, 0.25) is 0 Å². The fraction of sp³-hybridized carbons (Fsp3) is 0.111. The molecular weight excluding hydrogens is 292 g/mol. The van der Waals surface area contributed by atoms with Crippen LogP contribution in [-0.4, -0.2) is 11.4 Å². The quantitative estimate of drug-likeness (QED) is 0.597. The summed E-state index contributed by atoms with van der Waals surface area (Å²) in [6, 6.07) is 0. The van der Waals surface area contributed by atoms with Gasteiger partial charge in [-0.25, -0.2) is 4.98 Å². The fourth-order valence-electron chi connectivity index (χ4n) is 2.08. The summed E-state index contributed by atoms with van der Waals surface area (Å²) < 4.78 is 0. The molecule has 0 spiro atoms. The molecule has 0 fully saturated rings. The number of carbonyl (C=O) groups excluding carboxylic acids is 1. The molecule has 22 heavy (non-hydrogen) atoms. The van der Waals surface area contributed by atoms with Crippen molar-refractivity contribution in [3.8, 4) is 0 Å². The van der Waals surface area contributed by atoms with Crippen LogP contribution in [0.25, 0.3) is 5.57 Å². The highest BCUT2D eigenvalue weighted by molar-refractivity contribution is 7.16. The van der Waals surface area contributed by atoms with Gasteiger partial charge in [0.05, 0.1) is 5.69 Å². The van der Waals surface area contributed by atoms with E-state index in [0.717, 1.165) is 28.1 Å². The van der Waals surface area contributed by atoms with E-state index in [0.29, 0.717) is 18.0 Å². The van der Waals surface area contributed by atoms with Crippen molar-refractivity contribution in [2.45, 2.75) is 12.8 Å². The molecule has 0 aliphatic heterocycles. The van der Waals surface area contributed by atoms with Crippen molar-refractivity contribution in [1.29, 1.82) is 0 Å². The molecule has 1 aromatic heterocycles. The number of hydrogen-bond acceptors (Lipinski definition) is 3. The van der Waals surface area contributed by atoms with Crippen molar-refractivity contribution in [3.05, 3.63) is 77.9 Å². The van der Waals surface area contributed by atoms with E-state index in [1.54, 1.807) is 6.08 Å². The van der Waals surface area contributed by atoms with Crippen molar-refractivity contribution >= 4 is 28.5 Å². The average molecular weight is 310 g/mol. The molecule has 3 nitrogen and oxygen atoms in total. The molecule has 2 rings (SSSR count). The first kappa shape index (κ1) is 15.9. The number of amides is 1. The lowest BCUT2D eigenvalue weighted by Crippen LogP contribution is -1.94. The van der Waals surface area contributed by atoms with Crippen LogP contribution in [0.1, 0.15) is 17.0 Å². The standard InChI is InChI=1S/C18H18N2OS/c1-3-9-14(4-2)12-16-17(20-18(22-16)19-13-21)15-10-7-5-6-8-11-15/h3-5,7-11,13H,1-2,6,12H2,(H,19,20,21)/b14-9+. The van der Waals surface area contributed by atoms with Gasteiger partial charge < -0.3 is 5.32 Å². The predicted octanol–water partition coefficient (Wildman–Crippen LogP) is 4.45. The van der Waals surface area contributed by atoms with Gasteiger partial charge in [0.15, 0.2) is 5.13 Å². The van der Waals surface area contributed by atoms with Gasteiger partial charge in [0, 0.05) is 16.9 Å². The number of aromatic nitrogens is 1. The summed E-state index contributed by atoms with van der Waals surface area (Å²) in [6.07, 6.45) is 18.1. The maximum absolute atomic E-state index is 10.7. The van der Waals surface area contributed by atoms with Gasteiger partial charge in [0.2, 0.25) is 6.41 Å². The van der Waals surface area contributed by atoms with Gasteiger partial charge in [0.25, 0.3) is 0 Å². The minimum atomic E-state index is 0.601. The minimum Gasteiger partial charge on any atom is -0.305 e. The molecule has 1 aromatic rings. The minimum absolute atomic E-state index is 0.601.